The van der Waals surface area contributed by atoms with Crippen molar-refractivity contribution in [2.75, 3.05) is 0 Å². The van der Waals surface area contributed by atoms with Gasteiger partial charge in [-0.25, -0.2) is 0 Å². The lowest BCUT2D eigenvalue weighted by Gasteiger charge is -2.58. The number of allylic oxidation sites excluding steroid dienone is 1. The van der Waals surface area contributed by atoms with Crippen LogP contribution in [0.2, 0.25) is 0 Å². The molecule has 37 heavy (non-hydrogen) atoms. The molecular weight excluding hydrogens is 471 g/mol. The van der Waals surface area contributed by atoms with Crippen molar-refractivity contribution in [3.63, 3.8) is 0 Å². The van der Waals surface area contributed by atoms with Crippen molar-refractivity contribution in [1.82, 2.24) is 0 Å². The molecule has 0 amide bonds. The van der Waals surface area contributed by atoms with Crippen molar-refractivity contribution in [3.05, 3.63) is 11.6 Å². The zero-order valence-corrected chi connectivity index (χ0v) is 27.0. The van der Waals surface area contributed by atoms with E-state index >= 15 is 0 Å². The molecule has 0 aromatic heterocycles. The van der Waals surface area contributed by atoms with Gasteiger partial charge in [-0.05, 0) is 125 Å². The molecule has 4 aliphatic carbocycles. The molecule has 0 aromatic rings. The highest BCUT2D eigenvalue weighted by molar-refractivity contribution is 6.36. The molecule has 0 unspecified atom stereocenters. The maximum absolute atomic E-state index is 6.57. The molecule has 3 saturated carbocycles. The van der Waals surface area contributed by atoms with Gasteiger partial charge in [0.1, 0.15) is 0 Å². The molecule has 0 heterocycles. The van der Waals surface area contributed by atoms with Gasteiger partial charge in [-0.3, -0.25) is 0 Å². The highest BCUT2D eigenvalue weighted by Gasteiger charge is 2.59. The Morgan fingerprint density at radius 1 is 0.865 bits per heavy atom. The smallest absolute Gasteiger partial charge is 0.452 e. The van der Waals surface area contributed by atoms with Gasteiger partial charge in [-0.2, -0.15) is 0 Å². The first kappa shape index (κ1) is 30.1. The lowest BCUT2D eigenvalue weighted by molar-refractivity contribution is -0.0606. The van der Waals surface area contributed by atoms with Crippen molar-refractivity contribution < 1.29 is 11.4 Å². The second-order valence-corrected chi connectivity index (χ2v) is 16.3. The second kappa shape index (κ2) is 12.3. The zero-order chi connectivity index (χ0) is 27.0. The molecule has 3 fully saturated rings. The third-order valence-corrected chi connectivity index (χ3v) is 13.5. The summed E-state index contributed by atoms with van der Waals surface area (Å²) in [6.45, 7) is 21.0. The van der Waals surface area contributed by atoms with Gasteiger partial charge in [0.25, 0.3) is 0 Å². The van der Waals surface area contributed by atoms with Crippen LogP contribution in [0.5, 0.6) is 0 Å². The minimum absolute atomic E-state index is 0.156. The van der Waals surface area contributed by atoms with Gasteiger partial charge in [0, 0.05) is 18.3 Å². The first-order chi connectivity index (χ1) is 17.4. The van der Waals surface area contributed by atoms with E-state index in [-0.39, 0.29) is 18.3 Å². The van der Waals surface area contributed by atoms with Gasteiger partial charge in [0.15, 0.2) is 0 Å². The van der Waals surface area contributed by atoms with E-state index in [1.807, 2.05) is 0 Å². The lowest BCUT2D eigenvalue weighted by atomic mass is 9.47. The fourth-order valence-electron chi connectivity index (χ4n) is 9.47. The molecule has 4 heteroatoms. The molecular formula is C33H59AlO3. The van der Waals surface area contributed by atoms with E-state index in [0.717, 1.165) is 48.3 Å². The van der Waals surface area contributed by atoms with Crippen LogP contribution in [0.4, 0.5) is 0 Å². The van der Waals surface area contributed by atoms with E-state index in [1.165, 1.54) is 57.8 Å². The van der Waals surface area contributed by atoms with Crippen LogP contribution in [0.1, 0.15) is 133 Å². The molecule has 4 rings (SSSR count). The zero-order valence-electron chi connectivity index (χ0n) is 25.9. The van der Waals surface area contributed by atoms with Gasteiger partial charge >= 0.3 is 15.1 Å². The summed E-state index contributed by atoms with van der Waals surface area (Å²) in [6.07, 6.45) is 18.2. The van der Waals surface area contributed by atoms with Crippen molar-refractivity contribution in [2.24, 2.45) is 46.3 Å². The Labute approximate surface area is 235 Å². The highest BCUT2D eigenvalue weighted by atomic mass is 27.3. The average molecular weight is 531 g/mol. The minimum Gasteiger partial charge on any atom is -0.452 e. The summed E-state index contributed by atoms with van der Waals surface area (Å²) >= 11 is -2.11. The van der Waals surface area contributed by atoms with E-state index in [9.17, 15) is 0 Å². The largest absolute Gasteiger partial charge is 0.906 e. The molecule has 0 radical (unpaired) electrons. The molecule has 0 N–H and O–H groups in total. The summed E-state index contributed by atoms with van der Waals surface area (Å²) in [5.74, 6) is 5.38. The highest BCUT2D eigenvalue weighted by Crippen LogP contribution is 2.67. The third-order valence-electron chi connectivity index (χ3n) is 11.3. The molecule has 8 atom stereocenters. The van der Waals surface area contributed by atoms with E-state index in [0.29, 0.717) is 10.8 Å². The first-order valence-electron chi connectivity index (χ1n) is 16.1. The molecule has 0 spiro atoms. The van der Waals surface area contributed by atoms with Crippen LogP contribution in [-0.2, 0) is 11.4 Å². The summed E-state index contributed by atoms with van der Waals surface area (Å²) in [6, 6.07) is 0. The Balaban J connectivity index is 1.42. The van der Waals surface area contributed by atoms with Crippen molar-refractivity contribution in [3.8, 4) is 0 Å². The topological polar surface area (TPSA) is 27.7 Å². The average Bonchev–Trinajstić information content (AvgIpc) is 3.15. The number of hydrogen-bond acceptors (Lipinski definition) is 3. The predicted molar refractivity (Wildman–Crippen MR) is 156 cm³/mol. The summed E-state index contributed by atoms with van der Waals surface area (Å²) in [5.41, 5.74) is 2.65. The Bertz CT molecular complexity index is 768. The Morgan fingerprint density at radius 3 is 2.22 bits per heavy atom. The Morgan fingerprint density at radius 2 is 1.57 bits per heavy atom. The lowest BCUT2D eigenvalue weighted by Crippen LogP contribution is -2.51. The fraction of sp³-hybridized carbons (Fsp3) is 0.939. The first-order valence-corrected chi connectivity index (χ1v) is 17.5. The van der Waals surface area contributed by atoms with Crippen LogP contribution in [0.3, 0.4) is 0 Å². The molecule has 0 saturated heterocycles. The standard InChI is InChI=1S/C27H45O.2C3H7O.Al/c1-18(2)7-6-8-19(3)23-11-12-24-22-10-9-20-17-21(28)13-15-26(20,4)25(22)14-16-27(23,24)5;2*1-3(2)4;/h9,18-19,21-25H,6-8,10-17H2,1-5H3;2*3H,1-2H3;/q3*-1;+3/t19-,21+,22+,23-,24+,25+,26+,27-;;;/m1.../s1. The molecule has 0 aliphatic heterocycles. The normalized spacial score (nSPS) is 38.4. The van der Waals surface area contributed by atoms with Crippen molar-refractivity contribution in [1.29, 1.82) is 0 Å². The quantitative estimate of drug-likeness (QED) is 0.197. The SMILES string of the molecule is CC(C)CCC[C@@H](C)[C@H]1CC[C@H]2[C@@H]3CC=C4C[C@@H]([O][Al]([O]C(C)C)[O]C(C)C)CC[C@]4(C)[C@H]3CC[C@]12C. The van der Waals surface area contributed by atoms with Crippen LogP contribution < -0.4 is 0 Å². The van der Waals surface area contributed by atoms with Gasteiger partial charge in [-0.1, -0.05) is 65.5 Å². The Kier molecular flexibility index (Phi) is 10.1. The number of hydrogen-bond donors (Lipinski definition) is 0. The van der Waals surface area contributed by atoms with E-state index in [1.54, 1.807) is 5.57 Å². The summed E-state index contributed by atoms with van der Waals surface area (Å²) in [7, 11) is 0. The summed E-state index contributed by atoms with van der Waals surface area (Å²) < 4.78 is 18.8. The van der Waals surface area contributed by atoms with Gasteiger partial charge in [-0.15, -0.1) is 0 Å². The summed E-state index contributed by atoms with van der Waals surface area (Å²) in [4.78, 5) is 0. The van der Waals surface area contributed by atoms with E-state index < -0.39 is 15.1 Å². The number of rotatable bonds is 11. The van der Waals surface area contributed by atoms with Crippen LogP contribution in [0.25, 0.3) is 0 Å². The van der Waals surface area contributed by atoms with Gasteiger partial charge in [0.2, 0.25) is 0 Å². The van der Waals surface area contributed by atoms with Gasteiger partial charge in [0.05, 0.1) is 0 Å². The van der Waals surface area contributed by atoms with Crippen LogP contribution in [0, 0.1) is 46.3 Å². The van der Waals surface area contributed by atoms with Crippen LogP contribution in [0.15, 0.2) is 11.6 Å². The molecule has 0 aromatic carbocycles. The predicted octanol–water partition coefficient (Wildman–Crippen LogP) is 9.25. The van der Waals surface area contributed by atoms with Crippen LogP contribution in [-0.4, -0.2) is 33.5 Å². The van der Waals surface area contributed by atoms with E-state index in [2.05, 4.69) is 68.4 Å². The third kappa shape index (κ3) is 6.56. The number of fused-ring (bicyclic) bond motifs is 5. The van der Waals surface area contributed by atoms with Gasteiger partial charge < -0.3 is 11.4 Å². The molecule has 0 bridgehead atoms. The molecule has 3 nitrogen and oxygen atoms in total. The second-order valence-electron chi connectivity index (χ2n) is 14.9. The maximum atomic E-state index is 6.57. The monoisotopic (exact) mass is 530 g/mol. The Hall–Kier alpha value is 0.152. The van der Waals surface area contributed by atoms with E-state index in [4.69, 9.17) is 11.4 Å². The maximum Gasteiger partial charge on any atom is 0.906 e. The fourth-order valence-corrected chi connectivity index (χ4v) is 11.1. The molecule has 212 valence electrons. The summed E-state index contributed by atoms with van der Waals surface area (Å²) in [5, 5.41) is 0. The molecule has 4 aliphatic rings. The van der Waals surface area contributed by atoms with Crippen LogP contribution >= 0.6 is 0 Å². The van der Waals surface area contributed by atoms with Crippen molar-refractivity contribution in [2.45, 2.75) is 151 Å². The van der Waals surface area contributed by atoms with Crippen molar-refractivity contribution >= 4 is 15.1 Å². The minimum atomic E-state index is -2.11.